The molecular formula is C8H4Cl2N2O4S. The molecule has 0 heterocycles. The molecule has 0 saturated carbocycles. The molecule has 1 rings (SSSR count). The number of nitrogens with zero attached hydrogens (tertiary/aromatic N) is 1. The Kier molecular flexibility index (Phi) is 4.17. The van der Waals surface area contributed by atoms with Gasteiger partial charge < -0.3 is 4.74 Å². The van der Waals surface area contributed by atoms with E-state index in [0.29, 0.717) is 0 Å². The maximum Gasteiger partial charge on any atom is 0.427 e. The van der Waals surface area contributed by atoms with Gasteiger partial charge in [0.25, 0.3) is 0 Å². The predicted molar refractivity (Wildman–Crippen MR) is 60.1 cm³/mol. The van der Waals surface area contributed by atoms with E-state index in [1.165, 1.54) is 22.9 Å². The minimum absolute atomic E-state index is 0.0246. The number of carbonyl (C=O) groups is 1. The molecule has 1 amide bonds. The fraction of sp³-hybridized carbons (Fsp3) is 0. The molecule has 90 valence electrons. The van der Waals surface area contributed by atoms with Gasteiger partial charge in [-0.2, -0.15) is 13.7 Å². The van der Waals surface area contributed by atoms with E-state index in [1.807, 2.05) is 0 Å². The third kappa shape index (κ3) is 4.48. The van der Waals surface area contributed by atoms with Crippen LogP contribution in [0.3, 0.4) is 0 Å². The van der Waals surface area contributed by atoms with Gasteiger partial charge in [0.05, 0.1) is 5.56 Å². The molecule has 1 aromatic rings. The van der Waals surface area contributed by atoms with E-state index < -0.39 is 15.3 Å². The van der Waals surface area contributed by atoms with Crippen LogP contribution >= 0.6 is 22.3 Å². The van der Waals surface area contributed by atoms with Crippen molar-refractivity contribution in [2.45, 2.75) is 0 Å². The largest absolute Gasteiger partial charge is 0.427 e. The molecule has 17 heavy (non-hydrogen) atoms. The summed E-state index contributed by atoms with van der Waals surface area (Å²) in [5.74, 6) is -0.169. The topological polar surface area (TPSA) is 96.3 Å². The van der Waals surface area contributed by atoms with Crippen LogP contribution in [-0.2, 0) is 9.24 Å². The molecule has 0 aliphatic carbocycles. The highest BCUT2D eigenvalue weighted by atomic mass is 35.7. The second-order valence-electron chi connectivity index (χ2n) is 2.68. The fourth-order valence-electron chi connectivity index (χ4n) is 0.893. The summed E-state index contributed by atoms with van der Waals surface area (Å²) >= 11 is 5.62. The number of rotatable bonds is 2. The van der Waals surface area contributed by atoms with E-state index >= 15 is 0 Å². The molecule has 0 atom stereocenters. The normalized spacial score (nSPS) is 10.4. The first-order valence-electron chi connectivity index (χ1n) is 3.95. The van der Waals surface area contributed by atoms with Gasteiger partial charge in [-0.05, 0) is 12.1 Å². The zero-order chi connectivity index (χ0) is 13.1. The van der Waals surface area contributed by atoms with Gasteiger partial charge in [-0.3, -0.25) is 0 Å². The molecule has 0 aromatic heterocycles. The van der Waals surface area contributed by atoms with Crippen LogP contribution in [0.2, 0.25) is 5.02 Å². The number of hydrogen-bond donors (Lipinski definition) is 1. The van der Waals surface area contributed by atoms with Crippen LogP contribution in [0.1, 0.15) is 5.56 Å². The summed E-state index contributed by atoms with van der Waals surface area (Å²) < 4.78 is 27.0. The molecule has 0 bridgehead atoms. The minimum Gasteiger partial charge on any atom is -0.408 e. The van der Waals surface area contributed by atoms with Crippen LogP contribution in [0, 0.1) is 11.3 Å². The highest BCUT2D eigenvalue weighted by Crippen LogP contribution is 2.22. The maximum atomic E-state index is 11.1. The summed E-state index contributed by atoms with van der Waals surface area (Å²) in [6.45, 7) is 0. The third-order valence-electron chi connectivity index (χ3n) is 1.47. The first-order chi connectivity index (χ1) is 7.81. The highest BCUT2D eigenvalue weighted by molar-refractivity contribution is 8.12. The SMILES string of the molecule is N#Cc1ccc(Cl)cc1OC(=O)NS(=O)(=O)Cl. The molecule has 0 saturated heterocycles. The summed E-state index contributed by atoms with van der Waals surface area (Å²) in [6, 6.07) is 5.68. The van der Waals surface area contributed by atoms with Crippen molar-refractivity contribution < 1.29 is 17.9 Å². The van der Waals surface area contributed by atoms with E-state index in [2.05, 4.69) is 4.74 Å². The van der Waals surface area contributed by atoms with Crippen molar-refractivity contribution in [3.8, 4) is 11.8 Å². The zero-order valence-electron chi connectivity index (χ0n) is 7.98. The lowest BCUT2D eigenvalue weighted by molar-refractivity contribution is 0.207. The Morgan fingerprint density at radius 1 is 1.47 bits per heavy atom. The Labute approximate surface area is 106 Å². The first-order valence-corrected chi connectivity index (χ1v) is 6.64. The number of halogens is 2. The van der Waals surface area contributed by atoms with Crippen molar-refractivity contribution in [1.82, 2.24) is 4.72 Å². The molecule has 0 radical (unpaired) electrons. The van der Waals surface area contributed by atoms with Crippen molar-refractivity contribution in [3.63, 3.8) is 0 Å². The molecular weight excluding hydrogens is 291 g/mol. The van der Waals surface area contributed by atoms with Crippen LogP contribution in [-0.4, -0.2) is 14.5 Å². The molecule has 1 aromatic carbocycles. The van der Waals surface area contributed by atoms with E-state index in [0.717, 1.165) is 0 Å². The molecule has 0 spiro atoms. The Hall–Kier alpha value is -1.49. The van der Waals surface area contributed by atoms with Crippen LogP contribution in [0.4, 0.5) is 4.79 Å². The summed E-state index contributed by atoms with van der Waals surface area (Å²) in [6.07, 6.45) is -1.33. The Bertz CT molecular complexity index is 594. The standard InChI is InChI=1S/C8H4Cl2N2O4S/c9-6-2-1-5(4-11)7(3-6)16-8(13)12-17(10,14)15/h1-3H,(H,12,13). The number of amides is 1. The van der Waals surface area contributed by atoms with E-state index in [4.69, 9.17) is 27.5 Å². The van der Waals surface area contributed by atoms with Crippen LogP contribution in [0.5, 0.6) is 5.75 Å². The van der Waals surface area contributed by atoms with Gasteiger partial charge in [0.1, 0.15) is 6.07 Å². The summed E-state index contributed by atoms with van der Waals surface area (Å²) in [7, 11) is 0.527. The highest BCUT2D eigenvalue weighted by Gasteiger charge is 2.14. The lowest BCUT2D eigenvalue weighted by atomic mass is 10.2. The number of benzene rings is 1. The Balaban J connectivity index is 2.92. The van der Waals surface area contributed by atoms with Crippen molar-refractivity contribution in [2.24, 2.45) is 0 Å². The molecule has 1 N–H and O–H groups in total. The van der Waals surface area contributed by atoms with Crippen molar-refractivity contribution in [3.05, 3.63) is 28.8 Å². The first kappa shape index (κ1) is 13.6. The van der Waals surface area contributed by atoms with Gasteiger partial charge in [0.2, 0.25) is 0 Å². The number of ether oxygens (including phenoxy) is 1. The van der Waals surface area contributed by atoms with Gasteiger partial charge in [-0.15, -0.1) is 0 Å². The van der Waals surface area contributed by atoms with E-state index in [9.17, 15) is 13.2 Å². The van der Waals surface area contributed by atoms with Gasteiger partial charge in [0.15, 0.2) is 5.75 Å². The number of hydrogen-bond acceptors (Lipinski definition) is 5. The van der Waals surface area contributed by atoms with Crippen molar-refractivity contribution in [2.75, 3.05) is 0 Å². The molecule has 9 heteroatoms. The molecule has 0 aliphatic rings. The van der Waals surface area contributed by atoms with Gasteiger partial charge >= 0.3 is 15.3 Å². The smallest absolute Gasteiger partial charge is 0.408 e. The van der Waals surface area contributed by atoms with Crippen LogP contribution in [0.15, 0.2) is 18.2 Å². The van der Waals surface area contributed by atoms with E-state index in [-0.39, 0.29) is 16.3 Å². The summed E-state index contributed by atoms with van der Waals surface area (Å²) in [5, 5.41) is 8.93. The Morgan fingerprint density at radius 3 is 2.65 bits per heavy atom. The quantitative estimate of drug-likeness (QED) is 0.839. The second kappa shape index (κ2) is 5.23. The number of nitriles is 1. The maximum absolute atomic E-state index is 11.1. The molecule has 0 fully saturated rings. The second-order valence-corrected chi connectivity index (χ2v) is 5.42. The van der Waals surface area contributed by atoms with Crippen LogP contribution < -0.4 is 9.46 Å². The van der Waals surface area contributed by atoms with Crippen molar-refractivity contribution in [1.29, 1.82) is 5.26 Å². The lowest BCUT2D eigenvalue weighted by Gasteiger charge is -2.05. The van der Waals surface area contributed by atoms with Crippen molar-refractivity contribution >= 4 is 37.6 Å². The monoisotopic (exact) mass is 294 g/mol. The minimum atomic E-state index is -4.24. The molecule has 0 aliphatic heterocycles. The predicted octanol–water partition coefficient (Wildman–Crippen LogP) is 1.78. The average molecular weight is 295 g/mol. The third-order valence-corrected chi connectivity index (χ3v) is 2.35. The number of nitrogens with one attached hydrogen (secondary N) is 1. The lowest BCUT2D eigenvalue weighted by Crippen LogP contribution is -2.29. The van der Waals surface area contributed by atoms with Crippen LogP contribution in [0.25, 0.3) is 0 Å². The van der Waals surface area contributed by atoms with E-state index in [1.54, 1.807) is 6.07 Å². The zero-order valence-corrected chi connectivity index (χ0v) is 10.3. The average Bonchev–Trinajstić information content (AvgIpc) is 2.14. The Morgan fingerprint density at radius 2 is 2.12 bits per heavy atom. The summed E-state index contributed by atoms with van der Waals surface area (Å²) in [4.78, 5) is 11.1. The van der Waals surface area contributed by atoms with Gasteiger partial charge in [0, 0.05) is 21.8 Å². The number of carbonyl (C=O) groups excluding carboxylic acids is 1. The molecule has 6 nitrogen and oxygen atoms in total. The van der Waals surface area contributed by atoms with Gasteiger partial charge in [-0.1, -0.05) is 11.6 Å². The summed E-state index contributed by atoms with van der Waals surface area (Å²) in [5.41, 5.74) is 0.0246. The van der Waals surface area contributed by atoms with Gasteiger partial charge in [-0.25, -0.2) is 9.52 Å². The fourth-order valence-corrected chi connectivity index (χ4v) is 1.49. The molecule has 0 unspecified atom stereocenters.